The van der Waals surface area contributed by atoms with Crippen LogP contribution in [0.1, 0.15) is 36.5 Å². The zero-order chi connectivity index (χ0) is 18.8. The van der Waals surface area contributed by atoms with Gasteiger partial charge in [0.1, 0.15) is 5.69 Å². The Labute approximate surface area is 160 Å². The largest absolute Gasteiger partial charge is 0.371 e. The molecule has 3 heterocycles. The highest BCUT2D eigenvalue weighted by molar-refractivity contribution is 5.95. The number of anilines is 1. The molecule has 1 aromatic heterocycles. The normalized spacial score (nSPS) is 21.0. The van der Waals surface area contributed by atoms with Crippen molar-refractivity contribution in [1.82, 2.24) is 19.8 Å². The molecule has 1 atom stereocenters. The summed E-state index contributed by atoms with van der Waals surface area (Å²) in [5.74, 6) is 0.855. The van der Waals surface area contributed by atoms with Crippen LogP contribution in [0.15, 0.2) is 36.7 Å². The molecule has 6 nitrogen and oxygen atoms in total. The van der Waals surface area contributed by atoms with Gasteiger partial charge in [-0.1, -0.05) is 18.6 Å². The highest BCUT2D eigenvalue weighted by Crippen LogP contribution is 2.27. The molecule has 1 amide bonds. The predicted molar refractivity (Wildman–Crippen MR) is 107 cm³/mol. The summed E-state index contributed by atoms with van der Waals surface area (Å²) in [4.78, 5) is 26.0. The Kier molecular flexibility index (Phi) is 5.07. The van der Waals surface area contributed by atoms with Crippen LogP contribution in [0.2, 0.25) is 0 Å². The third-order valence-corrected chi connectivity index (χ3v) is 5.81. The quantitative estimate of drug-likeness (QED) is 0.903. The summed E-state index contributed by atoms with van der Waals surface area (Å²) in [5.41, 5.74) is 2.48. The van der Waals surface area contributed by atoms with Crippen LogP contribution in [-0.2, 0) is 0 Å². The fourth-order valence-corrected chi connectivity index (χ4v) is 4.18. The van der Waals surface area contributed by atoms with E-state index < -0.39 is 0 Å². The van der Waals surface area contributed by atoms with E-state index in [0.29, 0.717) is 12.1 Å². The topological polar surface area (TPSA) is 61.4 Å². The van der Waals surface area contributed by atoms with E-state index in [-0.39, 0.29) is 5.91 Å². The molecule has 0 unspecified atom stereocenters. The fourth-order valence-electron chi connectivity index (χ4n) is 4.18. The molecule has 0 spiro atoms. The predicted octanol–water partition coefficient (Wildman–Crippen LogP) is 2.88. The lowest BCUT2D eigenvalue weighted by Gasteiger charge is -2.49. The van der Waals surface area contributed by atoms with E-state index in [0.717, 1.165) is 35.7 Å². The number of nitrogens with one attached hydrogen (secondary N) is 1. The van der Waals surface area contributed by atoms with Crippen molar-refractivity contribution in [2.75, 3.05) is 32.0 Å². The second-order valence-electron chi connectivity index (χ2n) is 7.53. The first kappa shape index (κ1) is 17.9. The number of carbonyl (C=O) groups excluding carboxylic acids is 1. The third kappa shape index (κ3) is 3.54. The van der Waals surface area contributed by atoms with E-state index in [1.165, 1.54) is 25.8 Å². The van der Waals surface area contributed by atoms with Gasteiger partial charge in [0.25, 0.3) is 5.91 Å². The molecule has 0 saturated carbocycles. The molecular formula is C21H27N5O. The molecule has 0 bridgehead atoms. The van der Waals surface area contributed by atoms with Gasteiger partial charge in [0.15, 0.2) is 5.82 Å². The van der Waals surface area contributed by atoms with Crippen molar-refractivity contribution in [3.05, 3.63) is 42.2 Å². The third-order valence-electron chi connectivity index (χ3n) is 5.81. The van der Waals surface area contributed by atoms with E-state index in [1.54, 1.807) is 12.4 Å². The van der Waals surface area contributed by atoms with E-state index in [9.17, 15) is 4.79 Å². The van der Waals surface area contributed by atoms with Crippen LogP contribution < -0.4 is 5.32 Å². The molecule has 2 aliphatic rings. The first-order valence-electron chi connectivity index (χ1n) is 9.81. The second-order valence-corrected chi connectivity index (χ2v) is 7.53. The second kappa shape index (κ2) is 7.64. The number of benzene rings is 1. The van der Waals surface area contributed by atoms with Crippen LogP contribution in [-0.4, -0.2) is 64.4 Å². The summed E-state index contributed by atoms with van der Waals surface area (Å²) in [7, 11) is 1.83. The minimum atomic E-state index is 0.121. The molecule has 0 radical (unpaired) electrons. The standard InChI is InChI=1S/C21H27N5O/c1-15-5-3-4-12-26(15)18-13-25(14-18)21(27)17-8-6-16(7-9-17)19-20(22-2)24-11-10-23-19/h6-11,15,18H,3-5,12-14H2,1-2H3,(H,22,24)/t15-/m1/s1. The molecule has 1 N–H and O–H groups in total. The maximum atomic E-state index is 12.8. The Balaban J connectivity index is 1.40. The molecule has 0 aliphatic carbocycles. The summed E-state index contributed by atoms with van der Waals surface area (Å²) < 4.78 is 0. The van der Waals surface area contributed by atoms with Gasteiger partial charge in [0.2, 0.25) is 0 Å². The van der Waals surface area contributed by atoms with Crippen molar-refractivity contribution >= 4 is 11.7 Å². The van der Waals surface area contributed by atoms with Crippen molar-refractivity contribution in [3.63, 3.8) is 0 Å². The van der Waals surface area contributed by atoms with E-state index in [1.807, 2.05) is 36.2 Å². The lowest BCUT2D eigenvalue weighted by Crippen LogP contribution is -2.63. The molecular weight excluding hydrogens is 338 g/mol. The molecule has 6 heteroatoms. The van der Waals surface area contributed by atoms with Crippen LogP contribution in [0.5, 0.6) is 0 Å². The average Bonchev–Trinajstić information content (AvgIpc) is 2.68. The molecule has 2 fully saturated rings. The van der Waals surface area contributed by atoms with Crippen LogP contribution in [0.25, 0.3) is 11.3 Å². The molecule has 2 saturated heterocycles. The van der Waals surface area contributed by atoms with Crippen molar-refractivity contribution in [1.29, 1.82) is 0 Å². The number of likely N-dealkylation sites (tertiary alicyclic amines) is 2. The summed E-state index contributed by atoms with van der Waals surface area (Å²) in [6.45, 7) is 5.18. The summed E-state index contributed by atoms with van der Waals surface area (Å²) in [6.07, 6.45) is 7.24. The SMILES string of the molecule is CNc1nccnc1-c1ccc(C(=O)N2CC(N3CCCC[C@H]3C)C2)cc1. The van der Waals surface area contributed by atoms with Gasteiger partial charge in [-0.25, -0.2) is 4.98 Å². The average molecular weight is 365 g/mol. The van der Waals surface area contributed by atoms with E-state index in [4.69, 9.17) is 0 Å². The lowest BCUT2D eigenvalue weighted by atomic mass is 9.97. The number of carbonyl (C=O) groups is 1. The van der Waals surface area contributed by atoms with Crippen LogP contribution >= 0.6 is 0 Å². The Morgan fingerprint density at radius 2 is 1.85 bits per heavy atom. The number of amides is 1. The number of hydrogen-bond donors (Lipinski definition) is 1. The first-order chi connectivity index (χ1) is 13.2. The number of rotatable bonds is 4. The first-order valence-corrected chi connectivity index (χ1v) is 9.81. The minimum Gasteiger partial charge on any atom is -0.371 e. The Bertz CT molecular complexity index is 800. The van der Waals surface area contributed by atoms with Crippen LogP contribution in [0.4, 0.5) is 5.82 Å². The van der Waals surface area contributed by atoms with Crippen molar-refractivity contribution in [2.24, 2.45) is 0 Å². The van der Waals surface area contributed by atoms with Gasteiger partial charge in [0.05, 0.1) is 0 Å². The maximum absolute atomic E-state index is 12.8. The number of hydrogen-bond acceptors (Lipinski definition) is 5. The van der Waals surface area contributed by atoms with Gasteiger partial charge in [-0.2, -0.15) is 0 Å². The van der Waals surface area contributed by atoms with E-state index >= 15 is 0 Å². The molecule has 142 valence electrons. The van der Waals surface area contributed by atoms with Crippen molar-refractivity contribution in [3.8, 4) is 11.3 Å². The minimum absolute atomic E-state index is 0.121. The summed E-state index contributed by atoms with van der Waals surface area (Å²) >= 11 is 0. The zero-order valence-electron chi connectivity index (χ0n) is 16.1. The van der Waals surface area contributed by atoms with Gasteiger partial charge in [0, 0.05) is 55.7 Å². The van der Waals surface area contributed by atoms with E-state index in [2.05, 4.69) is 27.1 Å². The van der Waals surface area contributed by atoms with Crippen molar-refractivity contribution < 1.29 is 4.79 Å². The van der Waals surface area contributed by atoms with Gasteiger partial charge < -0.3 is 10.2 Å². The zero-order valence-corrected chi connectivity index (χ0v) is 16.1. The summed E-state index contributed by atoms with van der Waals surface area (Å²) in [6, 6.07) is 8.85. The Hall–Kier alpha value is -2.47. The Morgan fingerprint density at radius 1 is 1.11 bits per heavy atom. The fraction of sp³-hybridized carbons (Fsp3) is 0.476. The van der Waals surface area contributed by atoms with Gasteiger partial charge >= 0.3 is 0 Å². The molecule has 1 aromatic carbocycles. The van der Waals surface area contributed by atoms with Gasteiger partial charge in [-0.15, -0.1) is 0 Å². The maximum Gasteiger partial charge on any atom is 0.253 e. The Morgan fingerprint density at radius 3 is 2.56 bits per heavy atom. The molecule has 27 heavy (non-hydrogen) atoms. The van der Waals surface area contributed by atoms with Gasteiger partial charge in [-0.05, 0) is 38.4 Å². The highest BCUT2D eigenvalue weighted by atomic mass is 16.2. The highest BCUT2D eigenvalue weighted by Gasteiger charge is 2.37. The number of nitrogens with zero attached hydrogens (tertiary/aromatic N) is 4. The monoisotopic (exact) mass is 365 g/mol. The number of aromatic nitrogens is 2. The van der Waals surface area contributed by atoms with Crippen LogP contribution in [0, 0.1) is 0 Å². The molecule has 4 rings (SSSR count). The smallest absolute Gasteiger partial charge is 0.253 e. The van der Waals surface area contributed by atoms with Crippen molar-refractivity contribution in [2.45, 2.75) is 38.3 Å². The molecule has 2 aliphatic heterocycles. The van der Waals surface area contributed by atoms with Crippen LogP contribution in [0.3, 0.4) is 0 Å². The van der Waals surface area contributed by atoms with Gasteiger partial charge in [-0.3, -0.25) is 14.7 Å². The summed E-state index contributed by atoms with van der Waals surface area (Å²) in [5, 5.41) is 3.05. The number of piperidine rings is 1. The molecule has 2 aromatic rings. The lowest BCUT2D eigenvalue weighted by molar-refractivity contribution is 0.00213.